The van der Waals surface area contributed by atoms with Crippen LogP contribution in [0.3, 0.4) is 0 Å². The molecule has 0 aromatic rings. The number of hydrogen-bond donors (Lipinski definition) is 0. The van der Waals surface area contributed by atoms with Crippen molar-refractivity contribution in [3.63, 3.8) is 0 Å². The predicted octanol–water partition coefficient (Wildman–Crippen LogP) is 6.86. The Morgan fingerprint density at radius 3 is 1.39 bits per heavy atom. The molecular formula is C20H39BrN2. The minimum Gasteiger partial charge on any atom is -0.345 e. The van der Waals surface area contributed by atoms with Crippen molar-refractivity contribution >= 4 is 15.9 Å². The standard InChI is InChI=1S/C20H39BrN2/c1-4-6-8-10-12-14-16-22-18-19-23(20(22,3)21)17-15-13-11-9-7-5-2/h18-19H,4-17H2,1-3H3. The van der Waals surface area contributed by atoms with E-state index in [-0.39, 0.29) is 4.57 Å². The Bertz CT molecular complexity index is 287. The van der Waals surface area contributed by atoms with Crippen LogP contribution in [0.1, 0.15) is 97.8 Å². The molecule has 0 radical (unpaired) electrons. The molecule has 1 heterocycles. The van der Waals surface area contributed by atoms with Crippen molar-refractivity contribution in [2.45, 2.75) is 102 Å². The van der Waals surface area contributed by atoms with Gasteiger partial charge >= 0.3 is 0 Å². The minimum absolute atomic E-state index is 0.0141. The molecule has 0 saturated heterocycles. The van der Waals surface area contributed by atoms with Crippen molar-refractivity contribution in [1.82, 2.24) is 9.80 Å². The van der Waals surface area contributed by atoms with Crippen LogP contribution < -0.4 is 0 Å². The molecule has 0 aromatic carbocycles. The van der Waals surface area contributed by atoms with Crippen LogP contribution in [0.15, 0.2) is 12.4 Å². The second-order valence-electron chi connectivity index (χ2n) is 7.13. The fraction of sp³-hybridized carbons (Fsp3) is 0.900. The van der Waals surface area contributed by atoms with Crippen LogP contribution in [0.25, 0.3) is 0 Å². The highest BCUT2D eigenvalue weighted by atomic mass is 79.9. The van der Waals surface area contributed by atoms with Crippen molar-refractivity contribution in [1.29, 1.82) is 0 Å². The maximum atomic E-state index is 3.95. The van der Waals surface area contributed by atoms with Crippen molar-refractivity contribution in [3.8, 4) is 0 Å². The summed E-state index contributed by atoms with van der Waals surface area (Å²) in [6, 6.07) is 0. The van der Waals surface area contributed by atoms with E-state index < -0.39 is 0 Å². The van der Waals surface area contributed by atoms with Crippen LogP contribution >= 0.6 is 15.9 Å². The topological polar surface area (TPSA) is 6.48 Å². The van der Waals surface area contributed by atoms with E-state index in [9.17, 15) is 0 Å². The van der Waals surface area contributed by atoms with Gasteiger partial charge in [-0.15, -0.1) is 0 Å². The molecule has 0 fully saturated rings. The van der Waals surface area contributed by atoms with E-state index in [0.29, 0.717) is 0 Å². The summed E-state index contributed by atoms with van der Waals surface area (Å²) in [6.07, 6.45) is 21.0. The monoisotopic (exact) mass is 386 g/mol. The molecule has 1 aliphatic heterocycles. The molecule has 0 spiro atoms. The average molecular weight is 387 g/mol. The van der Waals surface area contributed by atoms with Crippen LogP contribution in [-0.2, 0) is 0 Å². The molecule has 1 aliphatic rings. The molecule has 0 atom stereocenters. The Balaban J connectivity index is 2.15. The molecule has 0 aromatic heterocycles. The molecular weight excluding hydrogens is 348 g/mol. The van der Waals surface area contributed by atoms with Crippen LogP contribution in [0, 0.1) is 0 Å². The molecule has 0 bridgehead atoms. The minimum atomic E-state index is -0.0141. The molecule has 23 heavy (non-hydrogen) atoms. The summed E-state index contributed by atoms with van der Waals surface area (Å²) in [5.74, 6) is 0. The van der Waals surface area contributed by atoms with Crippen molar-refractivity contribution in [3.05, 3.63) is 12.4 Å². The Labute approximate surface area is 153 Å². The second-order valence-corrected chi connectivity index (χ2v) is 8.63. The van der Waals surface area contributed by atoms with Gasteiger partial charge in [0.25, 0.3) is 0 Å². The van der Waals surface area contributed by atoms with Gasteiger partial charge in [0.15, 0.2) is 4.57 Å². The van der Waals surface area contributed by atoms with Gasteiger partial charge in [-0.1, -0.05) is 78.1 Å². The summed E-state index contributed by atoms with van der Waals surface area (Å²) in [5.41, 5.74) is 0. The fourth-order valence-corrected chi connectivity index (χ4v) is 3.87. The Morgan fingerprint density at radius 1 is 0.652 bits per heavy atom. The quantitative estimate of drug-likeness (QED) is 0.182. The molecule has 0 unspecified atom stereocenters. The van der Waals surface area contributed by atoms with E-state index in [0.717, 1.165) is 13.1 Å². The SMILES string of the molecule is CCCCCCCCN1C=CN(CCCCCCCC)C1(C)Br. The highest BCUT2D eigenvalue weighted by molar-refractivity contribution is 9.10. The highest BCUT2D eigenvalue weighted by Crippen LogP contribution is 2.34. The summed E-state index contributed by atoms with van der Waals surface area (Å²) in [4.78, 5) is 4.92. The summed E-state index contributed by atoms with van der Waals surface area (Å²) in [7, 11) is 0. The molecule has 0 aliphatic carbocycles. The van der Waals surface area contributed by atoms with Crippen molar-refractivity contribution < 1.29 is 0 Å². The summed E-state index contributed by atoms with van der Waals surface area (Å²) < 4.78 is -0.0141. The van der Waals surface area contributed by atoms with E-state index in [1.54, 1.807) is 0 Å². The van der Waals surface area contributed by atoms with Gasteiger partial charge in [0.1, 0.15) is 0 Å². The number of rotatable bonds is 14. The predicted molar refractivity (Wildman–Crippen MR) is 107 cm³/mol. The van der Waals surface area contributed by atoms with Crippen LogP contribution in [0.4, 0.5) is 0 Å². The zero-order valence-corrected chi connectivity index (χ0v) is 17.4. The molecule has 2 nitrogen and oxygen atoms in total. The van der Waals surface area contributed by atoms with Gasteiger partial charge < -0.3 is 9.80 Å². The largest absolute Gasteiger partial charge is 0.345 e. The third-order valence-electron chi connectivity index (χ3n) is 4.98. The van der Waals surface area contributed by atoms with Crippen LogP contribution in [0.2, 0.25) is 0 Å². The van der Waals surface area contributed by atoms with Gasteiger partial charge in [-0.05, 0) is 35.7 Å². The molecule has 3 heteroatoms. The Morgan fingerprint density at radius 2 is 1.00 bits per heavy atom. The number of alkyl halides is 1. The third kappa shape index (κ3) is 7.96. The zero-order valence-electron chi connectivity index (χ0n) is 15.8. The van der Waals surface area contributed by atoms with E-state index >= 15 is 0 Å². The maximum Gasteiger partial charge on any atom is 0.166 e. The Hall–Kier alpha value is -0.180. The molecule has 0 saturated carbocycles. The van der Waals surface area contributed by atoms with Gasteiger partial charge in [-0.2, -0.15) is 0 Å². The van der Waals surface area contributed by atoms with Gasteiger partial charge in [0.2, 0.25) is 0 Å². The molecule has 0 N–H and O–H groups in total. The van der Waals surface area contributed by atoms with Crippen LogP contribution in [-0.4, -0.2) is 27.5 Å². The number of halogens is 1. The lowest BCUT2D eigenvalue weighted by atomic mass is 10.1. The first-order valence-electron chi connectivity index (χ1n) is 10.0. The van der Waals surface area contributed by atoms with E-state index in [1.807, 2.05) is 0 Å². The lowest BCUT2D eigenvalue weighted by Gasteiger charge is -2.38. The number of unbranched alkanes of at least 4 members (excludes halogenated alkanes) is 10. The Kier molecular flexibility index (Phi) is 11.1. The van der Waals surface area contributed by atoms with Gasteiger partial charge in [-0.25, -0.2) is 0 Å². The first-order valence-corrected chi connectivity index (χ1v) is 10.8. The van der Waals surface area contributed by atoms with Gasteiger partial charge in [-0.3, -0.25) is 0 Å². The normalized spacial score (nSPS) is 16.5. The van der Waals surface area contributed by atoms with Crippen LogP contribution in [0.5, 0.6) is 0 Å². The average Bonchev–Trinajstić information content (AvgIpc) is 2.81. The smallest absolute Gasteiger partial charge is 0.166 e. The van der Waals surface area contributed by atoms with E-state index in [2.05, 4.69) is 58.9 Å². The zero-order chi connectivity index (χ0) is 17.0. The summed E-state index contributed by atoms with van der Waals surface area (Å²) in [5, 5.41) is 0. The molecule has 136 valence electrons. The van der Waals surface area contributed by atoms with Crippen molar-refractivity contribution in [2.75, 3.05) is 13.1 Å². The highest BCUT2D eigenvalue weighted by Gasteiger charge is 2.35. The molecule has 1 rings (SSSR count). The van der Waals surface area contributed by atoms with E-state index in [1.165, 1.54) is 77.0 Å². The summed E-state index contributed by atoms with van der Waals surface area (Å²) >= 11 is 3.95. The molecule has 0 amide bonds. The third-order valence-corrected chi connectivity index (χ3v) is 5.89. The first kappa shape index (κ1) is 20.9. The van der Waals surface area contributed by atoms with Gasteiger partial charge in [0, 0.05) is 25.5 Å². The lowest BCUT2D eigenvalue weighted by Crippen LogP contribution is -2.46. The van der Waals surface area contributed by atoms with Gasteiger partial charge in [0.05, 0.1) is 0 Å². The number of hydrogen-bond acceptors (Lipinski definition) is 2. The van der Waals surface area contributed by atoms with Crippen molar-refractivity contribution in [2.24, 2.45) is 0 Å². The second kappa shape index (κ2) is 12.2. The number of nitrogens with zero attached hydrogens (tertiary/aromatic N) is 2. The fourth-order valence-electron chi connectivity index (χ4n) is 3.28. The maximum absolute atomic E-state index is 3.95. The lowest BCUT2D eigenvalue weighted by molar-refractivity contribution is 0.139. The van der Waals surface area contributed by atoms with E-state index in [4.69, 9.17) is 0 Å². The summed E-state index contributed by atoms with van der Waals surface area (Å²) in [6.45, 7) is 9.18. The first-order chi connectivity index (χ1) is 11.1.